The Morgan fingerprint density at radius 1 is 1.03 bits per heavy atom. The van der Waals surface area contributed by atoms with E-state index < -0.39 is 0 Å². The van der Waals surface area contributed by atoms with Gasteiger partial charge in [0.1, 0.15) is 0 Å². The predicted octanol–water partition coefficient (Wildman–Crippen LogP) is 5.35. The van der Waals surface area contributed by atoms with Crippen LogP contribution in [0, 0.1) is 0 Å². The van der Waals surface area contributed by atoms with Gasteiger partial charge in [0.2, 0.25) is 0 Å². The predicted molar refractivity (Wildman–Crippen MR) is 145 cm³/mol. The number of aromatic nitrogens is 2. The van der Waals surface area contributed by atoms with E-state index in [4.69, 9.17) is 28.9 Å². The van der Waals surface area contributed by atoms with Crippen LogP contribution in [-0.2, 0) is 6.54 Å². The highest BCUT2D eigenvalue weighted by molar-refractivity contribution is 6.36. The molecule has 1 amide bonds. The molecule has 0 aliphatic carbocycles. The molecule has 2 aliphatic rings. The first-order valence-corrected chi connectivity index (χ1v) is 13.2. The number of rotatable bonds is 7. The second-order valence-electron chi connectivity index (χ2n) is 9.42. The van der Waals surface area contributed by atoms with E-state index in [0.717, 1.165) is 50.1 Å². The number of likely N-dealkylation sites (tertiary alicyclic amines) is 2. The van der Waals surface area contributed by atoms with E-state index in [-0.39, 0.29) is 11.7 Å². The summed E-state index contributed by atoms with van der Waals surface area (Å²) in [7, 11) is 0. The quantitative estimate of drug-likeness (QED) is 0.433. The van der Waals surface area contributed by atoms with Crippen molar-refractivity contribution in [1.29, 1.82) is 0 Å². The molecule has 2 aromatic carbocycles. The lowest BCUT2D eigenvalue weighted by Crippen LogP contribution is -2.42. The number of nitrogen functional groups attached to an aromatic ring is 1. The van der Waals surface area contributed by atoms with Crippen LogP contribution in [0.3, 0.4) is 0 Å². The summed E-state index contributed by atoms with van der Waals surface area (Å²) in [6, 6.07) is 13.2. The third-order valence-electron chi connectivity index (χ3n) is 7.03. The average molecular weight is 525 g/mol. The van der Waals surface area contributed by atoms with Crippen molar-refractivity contribution in [3.63, 3.8) is 0 Å². The Balaban J connectivity index is 1.28. The third kappa shape index (κ3) is 5.43. The van der Waals surface area contributed by atoms with Gasteiger partial charge in [-0.3, -0.25) is 4.79 Å². The molecular weight excluding hydrogens is 495 g/mol. The molecule has 3 aromatic rings. The highest BCUT2D eigenvalue weighted by Crippen LogP contribution is 2.28. The molecule has 36 heavy (non-hydrogen) atoms. The van der Waals surface area contributed by atoms with Crippen LogP contribution >= 0.6 is 23.2 Å². The zero-order valence-corrected chi connectivity index (χ0v) is 21.6. The van der Waals surface area contributed by atoms with E-state index in [2.05, 4.69) is 25.1 Å². The Hall–Kier alpha value is -2.87. The Kier molecular flexibility index (Phi) is 7.60. The molecule has 5 rings (SSSR count). The van der Waals surface area contributed by atoms with Crippen molar-refractivity contribution >= 4 is 40.7 Å². The molecule has 9 heteroatoms. The number of amides is 1. The lowest BCUT2D eigenvalue weighted by molar-refractivity contribution is 0.0709. The standard InChI is InChI=1S/C27H30Cl2N6O/c28-22-6-3-7-23(29)21(22)15-32-26-25(30)31-16-24(33-26)18-8-10-19(11-9-18)27(36)35-14-4-5-20(35)17-34-12-1-2-13-34/h3,6-11,16,20H,1-2,4-5,12-15,17H2,(H2,30,31)(H,32,33)/t20-/m0/s1. The lowest BCUT2D eigenvalue weighted by Gasteiger charge is -2.28. The molecule has 1 atom stereocenters. The van der Waals surface area contributed by atoms with Gasteiger partial charge in [-0.1, -0.05) is 41.4 Å². The Morgan fingerprint density at radius 2 is 1.75 bits per heavy atom. The van der Waals surface area contributed by atoms with Crippen LogP contribution < -0.4 is 11.1 Å². The molecule has 0 bridgehead atoms. The first-order chi connectivity index (χ1) is 17.5. The van der Waals surface area contributed by atoms with Crippen LogP contribution in [0.4, 0.5) is 11.6 Å². The zero-order valence-electron chi connectivity index (χ0n) is 20.1. The molecule has 0 spiro atoms. The van der Waals surface area contributed by atoms with Crippen molar-refractivity contribution in [2.24, 2.45) is 0 Å². The van der Waals surface area contributed by atoms with Gasteiger partial charge in [0, 0.05) is 52.4 Å². The monoisotopic (exact) mass is 524 g/mol. The van der Waals surface area contributed by atoms with Crippen LogP contribution in [0.1, 0.15) is 41.6 Å². The molecule has 0 saturated carbocycles. The van der Waals surface area contributed by atoms with Crippen LogP contribution in [0.2, 0.25) is 10.0 Å². The van der Waals surface area contributed by atoms with Crippen LogP contribution in [0.5, 0.6) is 0 Å². The van der Waals surface area contributed by atoms with Crippen LogP contribution in [-0.4, -0.2) is 57.9 Å². The summed E-state index contributed by atoms with van der Waals surface area (Å²) in [6.07, 6.45) is 6.31. The fourth-order valence-electron chi connectivity index (χ4n) is 5.05. The zero-order chi connectivity index (χ0) is 25.1. The molecular formula is C27H30Cl2N6O. The van der Waals surface area contributed by atoms with Gasteiger partial charge >= 0.3 is 0 Å². The van der Waals surface area contributed by atoms with Gasteiger partial charge in [0.25, 0.3) is 5.91 Å². The number of nitrogens with one attached hydrogen (secondary N) is 1. The highest BCUT2D eigenvalue weighted by Gasteiger charge is 2.31. The van der Waals surface area contributed by atoms with E-state index >= 15 is 0 Å². The van der Waals surface area contributed by atoms with Gasteiger partial charge in [0.15, 0.2) is 11.6 Å². The average Bonchev–Trinajstić information content (AvgIpc) is 3.57. The Labute approximate surface area is 221 Å². The van der Waals surface area contributed by atoms with Gasteiger partial charge in [0.05, 0.1) is 11.9 Å². The van der Waals surface area contributed by atoms with Gasteiger partial charge in [-0.15, -0.1) is 0 Å². The topological polar surface area (TPSA) is 87.4 Å². The highest BCUT2D eigenvalue weighted by atomic mass is 35.5. The van der Waals surface area contributed by atoms with E-state index in [1.54, 1.807) is 24.4 Å². The first-order valence-electron chi connectivity index (χ1n) is 12.4. The van der Waals surface area contributed by atoms with Gasteiger partial charge < -0.3 is 20.9 Å². The number of carbonyl (C=O) groups is 1. The molecule has 7 nitrogen and oxygen atoms in total. The number of hydrogen-bond acceptors (Lipinski definition) is 6. The number of nitrogens with two attached hydrogens (primary N) is 1. The van der Waals surface area contributed by atoms with Gasteiger partial charge in [-0.2, -0.15) is 0 Å². The van der Waals surface area contributed by atoms with Crippen LogP contribution in [0.25, 0.3) is 11.3 Å². The molecule has 188 valence electrons. The largest absolute Gasteiger partial charge is 0.381 e. The SMILES string of the molecule is Nc1ncc(-c2ccc(C(=O)N3CCC[C@H]3CN3CCCC3)cc2)nc1NCc1c(Cl)cccc1Cl. The second-order valence-corrected chi connectivity index (χ2v) is 10.2. The Morgan fingerprint density at radius 3 is 2.47 bits per heavy atom. The maximum Gasteiger partial charge on any atom is 0.254 e. The normalized spacial score (nSPS) is 18.1. The fourth-order valence-corrected chi connectivity index (χ4v) is 5.58. The number of hydrogen-bond donors (Lipinski definition) is 2. The van der Waals surface area contributed by atoms with Crippen molar-refractivity contribution < 1.29 is 4.79 Å². The Bertz CT molecular complexity index is 1210. The molecule has 2 aliphatic heterocycles. The lowest BCUT2D eigenvalue weighted by atomic mass is 10.1. The van der Waals surface area contributed by atoms with E-state index in [1.165, 1.54) is 12.8 Å². The molecule has 2 saturated heterocycles. The van der Waals surface area contributed by atoms with E-state index in [1.807, 2.05) is 24.3 Å². The molecule has 3 N–H and O–H groups in total. The summed E-state index contributed by atoms with van der Waals surface area (Å²) >= 11 is 12.6. The smallest absolute Gasteiger partial charge is 0.254 e. The van der Waals surface area contributed by atoms with Crippen molar-refractivity contribution in [2.45, 2.75) is 38.3 Å². The van der Waals surface area contributed by atoms with E-state index in [9.17, 15) is 4.79 Å². The maximum atomic E-state index is 13.3. The molecule has 1 aromatic heterocycles. The summed E-state index contributed by atoms with van der Waals surface area (Å²) in [6.45, 7) is 4.48. The van der Waals surface area contributed by atoms with E-state index in [0.29, 0.717) is 39.7 Å². The maximum absolute atomic E-state index is 13.3. The molecule has 3 heterocycles. The minimum Gasteiger partial charge on any atom is -0.381 e. The summed E-state index contributed by atoms with van der Waals surface area (Å²) in [5.41, 5.74) is 9.03. The van der Waals surface area contributed by atoms with Gasteiger partial charge in [-0.25, -0.2) is 9.97 Å². The van der Waals surface area contributed by atoms with Gasteiger partial charge in [-0.05, 0) is 63.0 Å². The minimum atomic E-state index is 0.102. The van der Waals surface area contributed by atoms with Crippen molar-refractivity contribution in [3.05, 3.63) is 69.8 Å². The number of benzene rings is 2. The first kappa shape index (κ1) is 24.8. The van der Waals surface area contributed by atoms with Crippen LogP contribution in [0.15, 0.2) is 48.7 Å². The fraction of sp³-hybridized carbons (Fsp3) is 0.370. The summed E-state index contributed by atoms with van der Waals surface area (Å²) in [5.74, 6) is 0.836. The van der Waals surface area contributed by atoms with Crippen molar-refractivity contribution in [3.8, 4) is 11.3 Å². The number of anilines is 2. The minimum absolute atomic E-state index is 0.102. The van der Waals surface area contributed by atoms with Crippen molar-refractivity contribution in [1.82, 2.24) is 19.8 Å². The number of halogens is 2. The third-order valence-corrected chi connectivity index (χ3v) is 7.74. The number of carbonyl (C=O) groups excluding carboxylic acids is 1. The molecule has 0 unspecified atom stereocenters. The molecule has 2 fully saturated rings. The summed E-state index contributed by atoms with van der Waals surface area (Å²) < 4.78 is 0. The summed E-state index contributed by atoms with van der Waals surface area (Å²) in [5, 5.41) is 4.33. The molecule has 0 radical (unpaired) electrons. The number of nitrogens with zero attached hydrogens (tertiary/aromatic N) is 4. The second kappa shape index (κ2) is 11.0. The summed E-state index contributed by atoms with van der Waals surface area (Å²) in [4.78, 5) is 26.8. The van der Waals surface area contributed by atoms with Crippen molar-refractivity contribution in [2.75, 3.05) is 37.2 Å².